The van der Waals surface area contributed by atoms with Gasteiger partial charge in [0.2, 0.25) is 0 Å². The second-order valence-corrected chi connectivity index (χ2v) is 5.82. The van der Waals surface area contributed by atoms with Crippen molar-refractivity contribution < 1.29 is 14.6 Å². The van der Waals surface area contributed by atoms with Crippen molar-refractivity contribution in [2.75, 3.05) is 25.6 Å². The highest BCUT2D eigenvalue weighted by Crippen LogP contribution is 2.20. The zero-order valence-corrected chi connectivity index (χ0v) is 13.9. The number of fused-ring (bicyclic) bond motifs is 1. The van der Waals surface area contributed by atoms with Crippen LogP contribution in [0.15, 0.2) is 30.5 Å². The fourth-order valence-electron chi connectivity index (χ4n) is 2.34. The number of methoxy groups -OCH3 is 1. The number of benzene rings is 1. The molecule has 0 radical (unpaired) electrons. The minimum Gasteiger partial charge on any atom is -0.396 e. The van der Waals surface area contributed by atoms with E-state index in [1.54, 1.807) is 7.11 Å². The maximum atomic E-state index is 12.0. The normalized spacial score (nSPS) is 13.7. The van der Waals surface area contributed by atoms with Crippen LogP contribution in [0.3, 0.4) is 0 Å². The standard InChI is InChI=1S/C17H25N3O3/c1-12(11-21)13(2)18-17(22)19-15-4-5-16-14(10-15)6-7-20(16)8-9-23-3/h4-7,10,12-13,21H,8-9,11H2,1-3H3,(H2,18,19,22). The molecule has 1 aromatic heterocycles. The Bertz CT molecular complexity index is 654. The lowest BCUT2D eigenvalue weighted by Gasteiger charge is -2.19. The quantitative estimate of drug-likeness (QED) is 0.733. The molecular formula is C17H25N3O3. The van der Waals surface area contributed by atoms with E-state index in [0.717, 1.165) is 23.1 Å². The fourth-order valence-corrected chi connectivity index (χ4v) is 2.34. The van der Waals surface area contributed by atoms with Gasteiger partial charge in [-0.1, -0.05) is 6.92 Å². The lowest BCUT2D eigenvalue weighted by Crippen LogP contribution is -2.40. The summed E-state index contributed by atoms with van der Waals surface area (Å²) in [5.74, 6) is 0.0121. The molecule has 2 atom stereocenters. The molecule has 23 heavy (non-hydrogen) atoms. The van der Waals surface area contributed by atoms with Gasteiger partial charge in [-0.15, -0.1) is 0 Å². The van der Waals surface area contributed by atoms with Crippen LogP contribution in [0.5, 0.6) is 0 Å². The van der Waals surface area contributed by atoms with E-state index in [1.165, 1.54) is 0 Å². The summed E-state index contributed by atoms with van der Waals surface area (Å²) >= 11 is 0. The van der Waals surface area contributed by atoms with Crippen molar-refractivity contribution in [2.24, 2.45) is 5.92 Å². The molecule has 0 bridgehead atoms. The third-order valence-corrected chi connectivity index (χ3v) is 4.07. The molecule has 0 aliphatic heterocycles. The average Bonchev–Trinajstić information content (AvgIpc) is 2.94. The number of nitrogens with one attached hydrogen (secondary N) is 2. The number of ether oxygens (including phenoxy) is 1. The SMILES string of the molecule is COCCn1ccc2cc(NC(=O)NC(C)C(C)CO)ccc21. The zero-order valence-electron chi connectivity index (χ0n) is 13.9. The third kappa shape index (κ3) is 4.46. The smallest absolute Gasteiger partial charge is 0.319 e. The van der Waals surface area contributed by atoms with Gasteiger partial charge in [0.05, 0.1) is 6.61 Å². The van der Waals surface area contributed by atoms with Crippen LogP contribution in [0.1, 0.15) is 13.8 Å². The van der Waals surface area contributed by atoms with Crippen molar-refractivity contribution in [2.45, 2.75) is 26.4 Å². The van der Waals surface area contributed by atoms with Gasteiger partial charge in [0.25, 0.3) is 0 Å². The number of rotatable bonds is 7. The number of carbonyl (C=O) groups is 1. The predicted molar refractivity (Wildman–Crippen MR) is 91.7 cm³/mol. The van der Waals surface area contributed by atoms with Crippen LogP contribution >= 0.6 is 0 Å². The second kappa shape index (κ2) is 7.99. The van der Waals surface area contributed by atoms with Gasteiger partial charge in [0.15, 0.2) is 0 Å². The van der Waals surface area contributed by atoms with E-state index in [4.69, 9.17) is 9.84 Å². The monoisotopic (exact) mass is 319 g/mol. The molecule has 1 aromatic carbocycles. The first kappa shape index (κ1) is 17.3. The Morgan fingerprint density at radius 2 is 2.13 bits per heavy atom. The molecule has 0 fully saturated rings. The number of hydrogen-bond donors (Lipinski definition) is 3. The summed E-state index contributed by atoms with van der Waals surface area (Å²) in [4.78, 5) is 12.0. The molecule has 2 rings (SSSR count). The number of urea groups is 1. The van der Waals surface area contributed by atoms with E-state index < -0.39 is 0 Å². The highest BCUT2D eigenvalue weighted by molar-refractivity contribution is 5.93. The van der Waals surface area contributed by atoms with Gasteiger partial charge in [-0.3, -0.25) is 0 Å². The Labute approximate surface area is 136 Å². The Hall–Kier alpha value is -2.05. The van der Waals surface area contributed by atoms with Gasteiger partial charge >= 0.3 is 6.03 Å². The number of hydrogen-bond acceptors (Lipinski definition) is 3. The van der Waals surface area contributed by atoms with Gasteiger partial charge in [0, 0.05) is 49.1 Å². The topological polar surface area (TPSA) is 75.5 Å². The minimum atomic E-state index is -0.268. The Balaban J connectivity index is 2.02. The molecule has 0 saturated heterocycles. The lowest BCUT2D eigenvalue weighted by atomic mass is 10.1. The third-order valence-electron chi connectivity index (χ3n) is 4.07. The van der Waals surface area contributed by atoms with E-state index >= 15 is 0 Å². The highest BCUT2D eigenvalue weighted by Gasteiger charge is 2.14. The van der Waals surface area contributed by atoms with Crippen molar-refractivity contribution in [1.29, 1.82) is 0 Å². The summed E-state index contributed by atoms with van der Waals surface area (Å²) in [6.45, 7) is 5.26. The van der Waals surface area contributed by atoms with Crippen LogP contribution in [0.25, 0.3) is 10.9 Å². The summed E-state index contributed by atoms with van der Waals surface area (Å²) in [5.41, 5.74) is 1.85. The van der Waals surface area contributed by atoms with Crippen molar-refractivity contribution in [3.05, 3.63) is 30.5 Å². The van der Waals surface area contributed by atoms with Crippen molar-refractivity contribution in [3.8, 4) is 0 Å². The van der Waals surface area contributed by atoms with Crippen molar-refractivity contribution >= 4 is 22.6 Å². The first-order valence-corrected chi connectivity index (χ1v) is 7.81. The van der Waals surface area contributed by atoms with E-state index in [1.807, 2.05) is 44.3 Å². The van der Waals surface area contributed by atoms with Gasteiger partial charge in [-0.05, 0) is 37.1 Å². The molecule has 2 unspecified atom stereocenters. The van der Waals surface area contributed by atoms with Gasteiger partial charge < -0.3 is 25.0 Å². The summed E-state index contributed by atoms with van der Waals surface area (Å²) in [5, 5.41) is 15.8. The van der Waals surface area contributed by atoms with Crippen LogP contribution < -0.4 is 10.6 Å². The number of aromatic nitrogens is 1. The average molecular weight is 319 g/mol. The van der Waals surface area contributed by atoms with Crippen LogP contribution in [0.4, 0.5) is 10.5 Å². The van der Waals surface area contributed by atoms with Crippen LogP contribution in [-0.4, -0.2) is 42.1 Å². The first-order valence-electron chi connectivity index (χ1n) is 7.81. The second-order valence-electron chi connectivity index (χ2n) is 5.82. The summed E-state index contributed by atoms with van der Waals surface area (Å²) in [7, 11) is 1.69. The number of amides is 2. The van der Waals surface area contributed by atoms with E-state index in [2.05, 4.69) is 15.2 Å². The summed E-state index contributed by atoms with van der Waals surface area (Å²) in [6, 6.07) is 7.46. The van der Waals surface area contributed by atoms with Crippen molar-refractivity contribution in [3.63, 3.8) is 0 Å². The molecule has 126 valence electrons. The molecule has 2 aromatic rings. The van der Waals surface area contributed by atoms with E-state index in [9.17, 15) is 4.79 Å². The summed E-state index contributed by atoms with van der Waals surface area (Å²) < 4.78 is 7.22. The molecule has 0 saturated carbocycles. The van der Waals surface area contributed by atoms with Gasteiger partial charge in [-0.2, -0.15) is 0 Å². The highest BCUT2D eigenvalue weighted by atomic mass is 16.5. The molecule has 2 amide bonds. The summed E-state index contributed by atoms with van der Waals surface area (Å²) in [6.07, 6.45) is 2.01. The van der Waals surface area contributed by atoms with Crippen molar-refractivity contribution in [1.82, 2.24) is 9.88 Å². The van der Waals surface area contributed by atoms with Crippen LogP contribution in [0.2, 0.25) is 0 Å². The van der Waals surface area contributed by atoms with Gasteiger partial charge in [-0.25, -0.2) is 4.79 Å². The molecule has 3 N–H and O–H groups in total. The van der Waals surface area contributed by atoms with Crippen LogP contribution in [0, 0.1) is 5.92 Å². The number of aliphatic hydroxyl groups is 1. The number of anilines is 1. The maximum Gasteiger partial charge on any atom is 0.319 e. The number of aliphatic hydroxyl groups excluding tert-OH is 1. The van der Waals surface area contributed by atoms with E-state index in [0.29, 0.717) is 6.61 Å². The Morgan fingerprint density at radius 1 is 1.35 bits per heavy atom. The van der Waals surface area contributed by atoms with Crippen LogP contribution in [-0.2, 0) is 11.3 Å². The first-order chi connectivity index (χ1) is 11.0. The Morgan fingerprint density at radius 3 is 2.83 bits per heavy atom. The largest absolute Gasteiger partial charge is 0.396 e. The predicted octanol–water partition coefficient (Wildman–Crippen LogP) is 2.43. The molecular weight excluding hydrogens is 294 g/mol. The molecule has 6 heteroatoms. The number of carbonyl (C=O) groups excluding carboxylic acids is 1. The minimum absolute atomic E-state index is 0.0121. The lowest BCUT2D eigenvalue weighted by molar-refractivity contribution is 0.188. The van der Waals surface area contributed by atoms with E-state index in [-0.39, 0.29) is 24.6 Å². The molecule has 6 nitrogen and oxygen atoms in total. The molecule has 0 aliphatic carbocycles. The maximum absolute atomic E-state index is 12.0. The van der Waals surface area contributed by atoms with Gasteiger partial charge in [0.1, 0.15) is 0 Å². The molecule has 0 aliphatic rings. The Kier molecular flexibility index (Phi) is 6.01. The zero-order chi connectivity index (χ0) is 16.8. The number of nitrogens with zero attached hydrogens (tertiary/aromatic N) is 1. The molecule has 0 spiro atoms. The molecule has 1 heterocycles. The fraction of sp³-hybridized carbons (Fsp3) is 0.471.